The molecule has 2 fully saturated rings. The predicted octanol–water partition coefficient (Wildman–Crippen LogP) is 4.30. The van der Waals surface area contributed by atoms with Gasteiger partial charge in [-0.3, -0.25) is 9.59 Å². The second-order valence-corrected chi connectivity index (χ2v) is 9.23. The van der Waals surface area contributed by atoms with Crippen molar-refractivity contribution < 1.29 is 23.5 Å². The van der Waals surface area contributed by atoms with Crippen LogP contribution in [-0.2, 0) is 0 Å². The average Bonchev–Trinajstić information content (AvgIpc) is 3.56. The van der Waals surface area contributed by atoms with Crippen molar-refractivity contribution in [3.05, 3.63) is 83.7 Å². The first-order valence-electron chi connectivity index (χ1n) is 11.9. The number of likely N-dealkylation sites (tertiary alicyclic amines) is 1. The number of para-hydroxylation sites is 1. The zero-order valence-corrected chi connectivity index (χ0v) is 19.1. The Balaban J connectivity index is 1.22. The van der Waals surface area contributed by atoms with Crippen molar-refractivity contribution in [3.8, 4) is 22.6 Å². The van der Waals surface area contributed by atoms with Gasteiger partial charge in [0.2, 0.25) is 0 Å². The highest BCUT2D eigenvalue weighted by molar-refractivity contribution is 6.02. The molecule has 0 radical (unpaired) electrons. The van der Waals surface area contributed by atoms with Gasteiger partial charge in [-0.15, -0.1) is 0 Å². The normalized spacial score (nSPS) is 21.9. The summed E-state index contributed by atoms with van der Waals surface area (Å²) in [6, 6.07) is 18.9. The van der Waals surface area contributed by atoms with Crippen LogP contribution in [0.25, 0.3) is 11.1 Å². The van der Waals surface area contributed by atoms with Crippen molar-refractivity contribution >= 4 is 11.8 Å². The van der Waals surface area contributed by atoms with E-state index in [9.17, 15) is 14.0 Å². The van der Waals surface area contributed by atoms with Crippen molar-refractivity contribution in [1.29, 1.82) is 0 Å². The number of carbonyl (C=O) groups excluding carboxylic acids is 2. The van der Waals surface area contributed by atoms with Crippen LogP contribution in [0.5, 0.6) is 11.5 Å². The molecule has 2 aliphatic heterocycles. The first-order valence-corrected chi connectivity index (χ1v) is 11.9. The van der Waals surface area contributed by atoms with E-state index in [2.05, 4.69) is 5.32 Å². The zero-order chi connectivity index (χ0) is 23.9. The number of hydrogen-bond donors (Lipinski definition) is 1. The van der Waals surface area contributed by atoms with Gasteiger partial charge < -0.3 is 19.7 Å². The molecule has 6 nitrogen and oxygen atoms in total. The van der Waals surface area contributed by atoms with E-state index >= 15 is 0 Å². The molecule has 178 valence electrons. The van der Waals surface area contributed by atoms with Crippen molar-refractivity contribution in [2.24, 2.45) is 5.92 Å². The molecular weight excluding hydrogens is 447 g/mol. The summed E-state index contributed by atoms with van der Waals surface area (Å²) >= 11 is 0. The Morgan fingerprint density at radius 2 is 1.63 bits per heavy atom. The van der Waals surface area contributed by atoms with E-state index in [0.29, 0.717) is 59.4 Å². The minimum absolute atomic E-state index is 0.123. The molecule has 35 heavy (non-hydrogen) atoms. The second kappa shape index (κ2) is 8.73. The van der Waals surface area contributed by atoms with E-state index in [1.165, 1.54) is 6.07 Å². The third-order valence-electron chi connectivity index (χ3n) is 7.08. The van der Waals surface area contributed by atoms with E-state index in [0.717, 1.165) is 12.8 Å². The Hall–Kier alpha value is -3.87. The minimum atomic E-state index is -0.361. The lowest BCUT2D eigenvalue weighted by Crippen LogP contribution is -2.45. The number of nitrogens with one attached hydrogen (secondary N) is 1. The Kier molecular flexibility index (Phi) is 5.40. The van der Waals surface area contributed by atoms with E-state index in [4.69, 9.17) is 9.47 Å². The summed E-state index contributed by atoms with van der Waals surface area (Å²) in [5.74, 6) is 0.723. The highest BCUT2D eigenvalue weighted by Crippen LogP contribution is 2.48. The van der Waals surface area contributed by atoms with Crippen LogP contribution >= 0.6 is 0 Å². The zero-order valence-electron chi connectivity index (χ0n) is 19.1. The number of benzene rings is 3. The number of nitrogens with zero attached hydrogens (tertiary/aromatic N) is 1. The van der Waals surface area contributed by atoms with Crippen LogP contribution in [0.4, 0.5) is 4.39 Å². The molecule has 3 aliphatic rings. The summed E-state index contributed by atoms with van der Waals surface area (Å²) in [6.45, 7) is 1.19. The lowest BCUT2D eigenvalue weighted by molar-refractivity contribution is 0.0689. The molecular formula is C28H25FN2O4. The summed E-state index contributed by atoms with van der Waals surface area (Å²) in [5, 5.41) is 3.00. The van der Waals surface area contributed by atoms with Crippen molar-refractivity contribution in [3.63, 3.8) is 0 Å². The molecule has 2 unspecified atom stereocenters. The maximum absolute atomic E-state index is 14.6. The second-order valence-electron chi connectivity index (χ2n) is 9.23. The summed E-state index contributed by atoms with van der Waals surface area (Å²) in [5.41, 5.74) is 1.89. The molecule has 6 rings (SSSR count). The van der Waals surface area contributed by atoms with Gasteiger partial charge in [0.05, 0.1) is 11.6 Å². The Morgan fingerprint density at radius 1 is 0.886 bits per heavy atom. The van der Waals surface area contributed by atoms with Crippen LogP contribution in [-0.4, -0.2) is 48.6 Å². The van der Waals surface area contributed by atoms with E-state index in [1.807, 2.05) is 11.0 Å². The molecule has 0 spiro atoms. The molecule has 3 aromatic carbocycles. The van der Waals surface area contributed by atoms with Gasteiger partial charge >= 0.3 is 0 Å². The van der Waals surface area contributed by atoms with Gasteiger partial charge in [0.1, 0.15) is 19.0 Å². The first-order chi connectivity index (χ1) is 17.1. The minimum Gasteiger partial charge on any atom is -0.486 e. The Labute approximate surface area is 202 Å². The standard InChI is InChI=1S/C28H25FN2O4/c29-23-10-4-3-7-20(23)19-6-1-2-8-21(19)28(33)31-18(14-17-15-24(17)31)16-30-27(32)22-9-5-11-25-26(22)35-13-12-34-25/h1-11,17-18,24H,12-16H2,(H,30,32)/t17?,18-,24?/m0/s1. The lowest BCUT2D eigenvalue weighted by atomic mass is 9.98. The number of halogens is 1. The summed E-state index contributed by atoms with van der Waals surface area (Å²) < 4.78 is 25.8. The molecule has 1 aliphatic carbocycles. The maximum atomic E-state index is 14.6. The van der Waals surface area contributed by atoms with Crippen LogP contribution in [0, 0.1) is 11.7 Å². The molecule has 1 N–H and O–H groups in total. The summed E-state index contributed by atoms with van der Waals surface area (Å²) in [7, 11) is 0. The number of rotatable bonds is 5. The van der Waals surface area contributed by atoms with Crippen molar-refractivity contribution in [1.82, 2.24) is 10.2 Å². The van der Waals surface area contributed by atoms with Gasteiger partial charge in [-0.25, -0.2) is 4.39 Å². The van der Waals surface area contributed by atoms with Crippen molar-refractivity contribution in [2.75, 3.05) is 19.8 Å². The fourth-order valence-corrected chi connectivity index (χ4v) is 5.34. The van der Waals surface area contributed by atoms with E-state index in [-0.39, 0.29) is 29.7 Å². The Morgan fingerprint density at radius 3 is 2.49 bits per heavy atom. The van der Waals surface area contributed by atoms with Crippen LogP contribution in [0.15, 0.2) is 66.7 Å². The monoisotopic (exact) mass is 472 g/mol. The van der Waals surface area contributed by atoms with Crippen LogP contribution in [0.2, 0.25) is 0 Å². The molecule has 0 aromatic heterocycles. The third-order valence-corrected chi connectivity index (χ3v) is 7.08. The molecule has 3 aromatic rings. The first kappa shape index (κ1) is 21.6. The quantitative estimate of drug-likeness (QED) is 0.602. The van der Waals surface area contributed by atoms with Gasteiger partial charge in [-0.1, -0.05) is 42.5 Å². The van der Waals surface area contributed by atoms with Gasteiger partial charge in [-0.05, 0) is 48.6 Å². The smallest absolute Gasteiger partial charge is 0.255 e. The number of carbonyl (C=O) groups is 2. The molecule has 0 bridgehead atoms. The van der Waals surface area contributed by atoms with E-state index < -0.39 is 0 Å². The average molecular weight is 473 g/mol. The van der Waals surface area contributed by atoms with Crippen LogP contribution in [0.3, 0.4) is 0 Å². The third kappa shape index (κ3) is 3.91. The summed E-state index contributed by atoms with van der Waals surface area (Å²) in [4.78, 5) is 28.7. The molecule has 2 amide bonds. The maximum Gasteiger partial charge on any atom is 0.255 e. The lowest BCUT2D eigenvalue weighted by Gasteiger charge is -2.29. The predicted molar refractivity (Wildman–Crippen MR) is 128 cm³/mol. The van der Waals surface area contributed by atoms with Crippen molar-refractivity contribution in [2.45, 2.75) is 24.9 Å². The largest absolute Gasteiger partial charge is 0.486 e. The Bertz CT molecular complexity index is 1310. The SMILES string of the molecule is O=C(NC[C@@H]1CC2CC2N1C(=O)c1ccccc1-c1ccccc1F)c1cccc2c1OCCO2. The molecule has 3 atom stereocenters. The summed E-state index contributed by atoms with van der Waals surface area (Å²) in [6.07, 6.45) is 1.81. The highest BCUT2D eigenvalue weighted by atomic mass is 19.1. The van der Waals surface area contributed by atoms with Gasteiger partial charge in [0.15, 0.2) is 11.5 Å². The molecule has 1 saturated heterocycles. The highest BCUT2D eigenvalue weighted by Gasteiger charge is 2.54. The van der Waals surface area contributed by atoms with Gasteiger partial charge in [0, 0.05) is 23.7 Å². The molecule has 1 saturated carbocycles. The van der Waals surface area contributed by atoms with Gasteiger partial charge in [0.25, 0.3) is 11.8 Å². The van der Waals surface area contributed by atoms with E-state index in [1.54, 1.807) is 54.6 Å². The molecule has 2 heterocycles. The fraction of sp³-hybridized carbons (Fsp3) is 0.286. The number of hydrogen-bond acceptors (Lipinski definition) is 4. The number of amides is 2. The number of ether oxygens (including phenoxy) is 2. The molecule has 7 heteroatoms. The van der Waals surface area contributed by atoms with Crippen LogP contribution < -0.4 is 14.8 Å². The number of piperidine rings is 1. The number of fused-ring (bicyclic) bond motifs is 2. The van der Waals surface area contributed by atoms with Gasteiger partial charge in [-0.2, -0.15) is 0 Å². The van der Waals surface area contributed by atoms with Crippen LogP contribution in [0.1, 0.15) is 33.6 Å². The topological polar surface area (TPSA) is 67.9 Å². The fourth-order valence-electron chi connectivity index (χ4n) is 5.34.